The van der Waals surface area contributed by atoms with Crippen molar-refractivity contribution in [3.05, 3.63) is 35.9 Å². The third kappa shape index (κ3) is 4.54. The van der Waals surface area contributed by atoms with Gasteiger partial charge in [-0.25, -0.2) is 4.79 Å². The van der Waals surface area contributed by atoms with Crippen LogP contribution in [0.2, 0.25) is 0 Å². The van der Waals surface area contributed by atoms with Crippen molar-refractivity contribution in [2.45, 2.75) is 25.7 Å². The van der Waals surface area contributed by atoms with Crippen molar-refractivity contribution in [1.29, 1.82) is 0 Å². The van der Waals surface area contributed by atoms with Crippen molar-refractivity contribution in [3.63, 3.8) is 0 Å². The molecule has 1 aliphatic heterocycles. The molecular formula is C14H19NO4. The predicted octanol–water partition coefficient (Wildman–Crippen LogP) is 2.07. The van der Waals surface area contributed by atoms with Gasteiger partial charge in [0.25, 0.3) is 0 Å². The van der Waals surface area contributed by atoms with Crippen LogP contribution in [0, 0.1) is 0 Å². The maximum atomic E-state index is 11.5. The number of carbonyl (C=O) groups is 1. The van der Waals surface area contributed by atoms with Gasteiger partial charge in [0.15, 0.2) is 5.79 Å². The van der Waals surface area contributed by atoms with Crippen LogP contribution in [0.1, 0.15) is 18.9 Å². The number of carbonyl (C=O) groups excluding carboxylic acids is 1. The van der Waals surface area contributed by atoms with Gasteiger partial charge in [0.05, 0.1) is 13.2 Å². The van der Waals surface area contributed by atoms with E-state index in [9.17, 15) is 4.79 Å². The summed E-state index contributed by atoms with van der Waals surface area (Å²) in [5.74, 6) is -0.577. The minimum Gasteiger partial charge on any atom is -0.445 e. The van der Waals surface area contributed by atoms with Crippen LogP contribution in [0.4, 0.5) is 4.79 Å². The van der Waals surface area contributed by atoms with Gasteiger partial charge in [-0.2, -0.15) is 0 Å². The molecule has 2 rings (SSSR count). The van der Waals surface area contributed by atoms with E-state index in [0.717, 1.165) is 5.56 Å². The SMILES string of the molecule is CC1(CCNC(=O)OCc2ccccc2)OCCO1. The highest BCUT2D eigenvalue weighted by atomic mass is 16.7. The zero-order valence-corrected chi connectivity index (χ0v) is 11.1. The zero-order chi connectivity index (χ0) is 13.6. The molecule has 1 N–H and O–H groups in total. The topological polar surface area (TPSA) is 56.8 Å². The molecule has 1 aliphatic rings. The minimum absolute atomic E-state index is 0.275. The maximum absolute atomic E-state index is 11.5. The van der Waals surface area contributed by atoms with E-state index in [2.05, 4.69) is 5.32 Å². The number of alkyl carbamates (subject to hydrolysis) is 1. The van der Waals surface area contributed by atoms with Gasteiger partial charge >= 0.3 is 6.09 Å². The Kier molecular flexibility index (Phi) is 4.76. The highest BCUT2D eigenvalue weighted by Crippen LogP contribution is 2.21. The van der Waals surface area contributed by atoms with Crippen molar-refractivity contribution < 1.29 is 19.0 Å². The Morgan fingerprint density at radius 1 is 1.32 bits per heavy atom. The van der Waals surface area contributed by atoms with Gasteiger partial charge in [-0.1, -0.05) is 30.3 Å². The first-order valence-electron chi connectivity index (χ1n) is 6.40. The molecule has 5 nitrogen and oxygen atoms in total. The average Bonchev–Trinajstić information content (AvgIpc) is 2.85. The lowest BCUT2D eigenvalue weighted by molar-refractivity contribution is -0.145. The van der Waals surface area contributed by atoms with E-state index in [4.69, 9.17) is 14.2 Å². The number of hydrogen-bond donors (Lipinski definition) is 1. The van der Waals surface area contributed by atoms with Crippen LogP contribution in [-0.4, -0.2) is 31.6 Å². The second-order valence-electron chi connectivity index (χ2n) is 4.57. The summed E-state index contributed by atoms with van der Waals surface area (Å²) in [7, 11) is 0. The van der Waals surface area contributed by atoms with Crippen molar-refractivity contribution in [2.75, 3.05) is 19.8 Å². The Morgan fingerprint density at radius 3 is 2.68 bits per heavy atom. The van der Waals surface area contributed by atoms with Crippen molar-refractivity contribution in [1.82, 2.24) is 5.32 Å². The van der Waals surface area contributed by atoms with Gasteiger partial charge in [-0.3, -0.25) is 0 Å². The predicted molar refractivity (Wildman–Crippen MR) is 69.6 cm³/mol. The first kappa shape index (κ1) is 13.8. The van der Waals surface area contributed by atoms with Crippen molar-refractivity contribution >= 4 is 6.09 Å². The highest BCUT2D eigenvalue weighted by molar-refractivity contribution is 5.67. The monoisotopic (exact) mass is 265 g/mol. The van der Waals surface area contributed by atoms with Crippen LogP contribution in [-0.2, 0) is 20.8 Å². The maximum Gasteiger partial charge on any atom is 0.407 e. The molecule has 0 atom stereocenters. The summed E-state index contributed by atoms with van der Waals surface area (Å²) in [5.41, 5.74) is 0.965. The Morgan fingerprint density at radius 2 is 2.00 bits per heavy atom. The van der Waals surface area contributed by atoms with Gasteiger partial charge in [0, 0.05) is 13.0 Å². The van der Waals surface area contributed by atoms with E-state index in [1.807, 2.05) is 37.3 Å². The van der Waals surface area contributed by atoms with Gasteiger partial charge in [-0.05, 0) is 12.5 Å². The number of benzene rings is 1. The minimum atomic E-state index is -0.577. The summed E-state index contributed by atoms with van der Waals surface area (Å²) < 4.78 is 16.0. The lowest BCUT2D eigenvalue weighted by Gasteiger charge is -2.21. The number of nitrogens with one attached hydrogen (secondary N) is 1. The van der Waals surface area contributed by atoms with E-state index >= 15 is 0 Å². The molecule has 0 bridgehead atoms. The number of ether oxygens (including phenoxy) is 3. The van der Waals surface area contributed by atoms with Crippen LogP contribution in [0.5, 0.6) is 0 Å². The zero-order valence-electron chi connectivity index (χ0n) is 11.1. The third-order valence-corrected chi connectivity index (χ3v) is 2.96. The van der Waals surface area contributed by atoms with E-state index in [0.29, 0.717) is 26.2 Å². The molecule has 0 radical (unpaired) electrons. The molecule has 5 heteroatoms. The fourth-order valence-corrected chi connectivity index (χ4v) is 1.87. The molecule has 19 heavy (non-hydrogen) atoms. The van der Waals surface area contributed by atoms with Gasteiger partial charge < -0.3 is 19.5 Å². The molecule has 0 saturated carbocycles. The Labute approximate surface area is 112 Å². The summed E-state index contributed by atoms with van der Waals surface area (Å²) in [4.78, 5) is 11.5. The fourth-order valence-electron chi connectivity index (χ4n) is 1.87. The Bertz CT molecular complexity index is 401. The first-order valence-corrected chi connectivity index (χ1v) is 6.40. The lowest BCUT2D eigenvalue weighted by atomic mass is 10.2. The van der Waals surface area contributed by atoms with Crippen LogP contribution < -0.4 is 5.32 Å². The molecule has 1 saturated heterocycles. The van der Waals surface area contributed by atoms with Crippen molar-refractivity contribution in [3.8, 4) is 0 Å². The van der Waals surface area contributed by atoms with Crippen LogP contribution in [0.15, 0.2) is 30.3 Å². The molecule has 1 amide bonds. The molecule has 0 spiro atoms. The van der Waals surface area contributed by atoms with Crippen LogP contribution >= 0.6 is 0 Å². The van der Waals surface area contributed by atoms with Crippen LogP contribution in [0.3, 0.4) is 0 Å². The molecular weight excluding hydrogens is 246 g/mol. The molecule has 1 heterocycles. The summed E-state index contributed by atoms with van der Waals surface area (Å²) in [5, 5.41) is 2.68. The number of amides is 1. The Hall–Kier alpha value is -1.59. The van der Waals surface area contributed by atoms with E-state index in [-0.39, 0.29) is 6.61 Å². The largest absolute Gasteiger partial charge is 0.445 e. The van der Waals surface area contributed by atoms with Gasteiger partial charge in [0.1, 0.15) is 6.61 Å². The molecule has 1 fully saturated rings. The molecule has 104 valence electrons. The smallest absolute Gasteiger partial charge is 0.407 e. The lowest BCUT2D eigenvalue weighted by Crippen LogP contribution is -2.33. The van der Waals surface area contributed by atoms with E-state index in [1.54, 1.807) is 0 Å². The van der Waals surface area contributed by atoms with E-state index < -0.39 is 11.9 Å². The second kappa shape index (κ2) is 6.54. The van der Waals surface area contributed by atoms with Crippen LogP contribution in [0.25, 0.3) is 0 Å². The summed E-state index contributed by atoms with van der Waals surface area (Å²) in [6.07, 6.45) is 0.179. The molecule has 1 aromatic carbocycles. The molecule has 0 aromatic heterocycles. The summed E-state index contributed by atoms with van der Waals surface area (Å²) in [6, 6.07) is 9.56. The number of rotatable bonds is 5. The first-order chi connectivity index (χ1) is 9.18. The average molecular weight is 265 g/mol. The normalized spacial score (nSPS) is 17.1. The molecule has 0 aliphatic carbocycles. The summed E-state index contributed by atoms with van der Waals surface area (Å²) in [6.45, 7) is 3.82. The van der Waals surface area contributed by atoms with E-state index in [1.165, 1.54) is 0 Å². The third-order valence-electron chi connectivity index (χ3n) is 2.96. The van der Waals surface area contributed by atoms with Gasteiger partial charge in [-0.15, -0.1) is 0 Å². The highest BCUT2D eigenvalue weighted by Gasteiger charge is 2.30. The quantitative estimate of drug-likeness (QED) is 0.885. The fraction of sp³-hybridized carbons (Fsp3) is 0.500. The second-order valence-corrected chi connectivity index (χ2v) is 4.57. The molecule has 1 aromatic rings. The standard InChI is InChI=1S/C14H19NO4/c1-14(18-9-10-19-14)7-8-15-13(16)17-11-12-5-3-2-4-6-12/h2-6H,7-11H2,1H3,(H,15,16). The summed E-state index contributed by atoms with van der Waals surface area (Å²) >= 11 is 0. The van der Waals surface area contributed by atoms with Crippen molar-refractivity contribution in [2.24, 2.45) is 0 Å². The number of hydrogen-bond acceptors (Lipinski definition) is 4. The Balaban J connectivity index is 1.62. The van der Waals surface area contributed by atoms with Gasteiger partial charge in [0.2, 0.25) is 0 Å². The molecule has 0 unspecified atom stereocenters.